The molecule has 1 aromatic carbocycles. The fraction of sp³-hybridized carbons (Fsp3) is 0.409. The van der Waals surface area contributed by atoms with Crippen LogP contribution in [0.2, 0.25) is 0 Å². The van der Waals surface area contributed by atoms with Crippen molar-refractivity contribution in [2.24, 2.45) is 11.7 Å². The van der Waals surface area contributed by atoms with E-state index in [4.69, 9.17) is 14.9 Å². The molecule has 0 unspecified atom stereocenters. The Balaban J connectivity index is 1.79. The van der Waals surface area contributed by atoms with Crippen molar-refractivity contribution in [3.05, 3.63) is 47.3 Å². The first-order valence-electron chi connectivity index (χ1n) is 9.78. The summed E-state index contributed by atoms with van der Waals surface area (Å²) in [6.07, 6.45) is 2.02. The minimum atomic E-state index is -0.687. The summed E-state index contributed by atoms with van der Waals surface area (Å²) >= 11 is 0. The fourth-order valence-electron chi connectivity index (χ4n) is 3.10. The van der Waals surface area contributed by atoms with Gasteiger partial charge < -0.3 is 20.0 Å². The molecule has 0 saturated carbocycles. The van der Waals surface area contributed by atoms with E-state index in [-0.39, 0.29) is 13.2 Å². The SMILES string of the molecule is Cc1cc(-c2nnc(-c3ccc(CC(C)C)nc3)o2)cc(C)c1OC[C@@H](O)CN. The van der Waals surface area contributed by atoms with E-state index in [1.165, 1.54) is 0 Å². The van der Waals surface area contributed by atoms with Crippen LogP contribution in [0.1, 0.15) is 30.7 Å². The molecule has 1 atom stereocenters. The number of aliphatic hydroxyl groups is 1. The highest BCUT2D eigenvalue weighted by Gasteiger charge is 2.15. The number of aliphatic hydroxyl groups excluding tert-OH is 1. The van der Waals surface area contributed by atoms with Gasteiger partial charge >= 0.3 is 0 Å². The van der Waals surface area contributed by atoms with Crippen LogP contribution in [0.4, 0.5) is 0 Å². The van der Waals surface area contributed by atoms with Gasteiger partial charge in [-0.15, -0.1) is 10.2 Å². The average Bonchev–Trinajstić information content (AvgIpc) is 3.17. The smallest absolute Gasteiger partial charge is 0.249 e. The van der Waals surface area contributed by atoms with Crippen LogP contribution in [-0.2, 0) is 6.42 Å². The number of aromatic nitrogens is 3. The van der Waals surface area contributed by atoms with Crippen molar-refractivity contribution in [1.82, 2.24) is 15.2 Å². The molecule has 2 heterocycles. The molecule has 0 radical (unpaired) electrons. The standard InChI is InChI=1S/C22H28N4O3/c1-13(2)7-18-6-5-16(11-24-18)21-25-26-22(29-21)17-8-14(3)20(15(4)9-17)28-12-19(27)10-23/h5-6,8-9,11,13,19,27H,7,10,12,23H2,1-4H3/t19-/m0/s1. The lowest BCUT2D eigenvalue weighted by Crippen LogP contribution is -2.26. The van der Waals surface area contributed by atoms with Crippen LogP contribution in [0.25, 0.3) is 22.9 Å². The van der Waals surface area contributed by atoms with Crippen LogP contribution >= 0.6 is 0 Å². The molecule has 154 valence electrons. The van der Waals surface area contributed by atoms with E-state index in [0.29, 0.717) is 17.7 Å². The number of pyridine rings is 1. The number of ether oxygens (including phenoxy) is 1. The molecule has 7 heteroatoms. The monoisotopic (exact) mass is 396 g/mol. The van der Waals surface area contributed by atoms with Gasteiger partial charge in [0.25, 0.3) is 0 Å². The first-order valence-corrected chi connectivity index (χ1v) is 9.78. The quantitative estimate of drug-likeness (QED) is 0.601. The van der Waals surface area contributed by atoms with Gasteiger partial charge in [0.1, 0.15) is 18.5 Å². The molecule has 2 aromatic heterocycles. The topological polar surface area (TPSA) is 107 Å². The zero-order valence-corrected chi connectivity index (χ0v) is 17.3. The first-order chi connectivity index (χ1) is 13.9. The molecule has 3 aromatic rings. The normalized spacial score (nSPS) is 12.4. The highest BCUT2D eigenvalue weighted by Crippen LogP contribution is 2.31. The first kappa shape index (κ1) is 21.0. The van der Waals surface area contributed by atoms with Crippen LogP contribution in [-0.4, -0.2) is 39.5 Å². The number of hydrogen-bond donors (Lipinski definition) is 2. The number of aryl methyl sites for hydroxylation is 2. The van der Waals surface area contributed by atoms with Gasteiger partial charge in [0, 0.05) is 24.0 Å². The van der Waals surface area contributed by atoms with Crippen LogP contribution in [0.3, 0.4) is 0 Å². The summed E-state index contributed by atoms with van der Waals surface area (Å²) in [4.78, 5) is 4.49. The Morgan fingerprint density at radius 2 is 1.72 bits per heavy atom. The highest BCUT2D eigenvalue weighted by atomic mass is 16.5. The summed E-state index contributed by atoms with van der Waals surface area (Å²) in [6, 6.07) is 7.81. The van der Waals surface area contributed by atoms with Gasteiger partial charge in [0.15, 0.2) is 0 Å². The fourth-order valence-corrected chi connectivity index (χ4v) is 3.10. The largest absolute Gasteiger partial charge is 0.490 e. The van der Waals surface area contributed by atoms with E-state index in [9.17, 15) is 5.11 Å². The summed E-state index contributed by atoms with van der Waals surface area (Å²) in [5.74, 6) is 2.16. The second kappa shape index (κ2) is 9.15. The van der Waals surface area contributed by atoms with E-state index >= 15 is 0 Å². The van der Waals surface area contributed by atoms with Gasteiger partial charge in [-0.25, -0.2) is 0 Å². The van der Waals surface area contributed by atoms with E-state index in [2.05, 4.69) is 29.0 Å². The van der Waals surface area contributed by atoms with Gasteiger partial charge in [-0.2, -0.15) is 0 Å². The lowest BCUT2D eigenvalue weighted by Gasteiger charge is -2.15. The lowest BCUT2D eigenvalue weighted by molar-refractivity contribution is 0.113. The number of hydrogen-bond acceptors (Lipinski definition) is 7. The molecular weight excluding hydrogens is 368 g/mol. The number of nitrogens with zero attached hydrogens (tertiary/aromatic N) is 3. The molecule has 0 aliphatic rings. The average molecular weight is 396 g/mol. The molecule has 0 saturated heterocycles. The van der Waals surface area contributed by atoms with Crippen molar-refractivity contribution in [2.75, 3.05) is 13.2 Å². The molecular formula is C22H28N4O3. The minimum Gasteiger partial charge on any atom is -0.490 e. The molecule has 0 aliphatic carbocycles. The van der Waals surface area contributed by atoms with Crippen LogP contribution in [0, 0.1) is 19.8 Å². The van der Waals surface area contributed by atoms with E-state index in [1.54, 1.807) is 6.20 Å². The summed E-state index contributed by atoms with van der Waals surface area (Å²) in [5, 5.41) is 18.0. The van der Waals surface area contributed by atoms with Crippen LogP contribution in [0.5, 0.6) is 5.75 Å². The van der Waals surface area contributed by atoms with Crippen LogP contribution < -0.4 is 10.5 Å². The number of benzene rings is 1. The second-order valence-electron chi connectivity index (χ2n) is 7.69. The molecule has 0 spiro atoms. The van der Waals surface area contributed by atoms with Gasteiger partial charge in [-0.1, -0.05) is 13.8 Å². The maximum atomic E-state index is 9.62. The Morgan fingerprint density at radius 3 is 2.28 bits per heavy atom. The Hall–Kier alpha value is -2.77. The summed E-state index contributed by atoms with van der Waals surface area (Å²) < 4.78 is 11.6. The lowest BCUT2D eigenvalue weighted by atomic mass is 10.1. The Labute approximate surface area is 170 Å². The zero-order valence-electron chi connectivity index (χ0n) is 17.3. The summed E-state index contributed by atoms with van der Waals surface area (Å²) in [5.41, 5.74) is 9.92. The van der Waals surface area contributed by atoms with Crippen LogP contribution in [0.15, 0.2) is 34.9 Å². The molecule has 0 fully saturated rings. The molecule has 0 bridgehead atoms. The van der Waals surface area contributed by atoms with E-state index in [1.807, 2.05) is 38.1 Å². The number of nitrogens with two attached hydrogens (primary N) is 1. The Morgan fingerprint density at radius 1 is 1.07 bits per heavy atom. The van der Waals surface area contributed by atoms with Crippen molar-refractivity contribution >= 4 is 0 Å². The molecule has 3 N–H and O–H groups in total. The third kappa shape index (κ3) is 5.19. The van der Waals surface area contributed by atoms with Gasteiger partial charge in [-0.3, -0.25) is 4.98 Å². The van der Waals surface area contributed by atoms with Crippen molar-refractivity contribution in [3.63, 3.8) is 0 Å². The predicted octanol–water partition coefficient (Wildman–Crippen LogP) is 3.31. The molecule has 3 rings (SSSR count). The van der Waals surface area contributed by atoms with Crippen molar-refractivity contribution in [1.29, 1.82) is 0 Å². The second-order valence-corrected chi connectivity index (χ2v) is 7.69. The van der Waals surface area contributed by atoms with Gasteiger partial charge in [0.2, 0.25) is 11.8 Å². The molecule has 29 heavy (non-hydrogen) atoms. The zero-order chi connectivity index (χ0) is 21.0. The summed E-state index contributed by atoms with van der Waals surface area (Å²) in [6.45, 7) is 8.53. The van der Waals surface area contributed by atoms with E-state index < -0.39 is 6.10 Å². The van der Waals surface area contributed by atoms with Crippen molar-refractivity contribution < 1.29 is 14.3 Å². The summed E-state index contributed by atoms with van der Waals surface area (Å²) in [7, 11) is 0. The number of rotatable bonds is 8. The maximum absolute atomic E-state index is 9.62. The van der Waals surface area contributed by atoms with E-state index in [0.717, 1.165) is 40.1 Å². The third-order valence-electron chi connectivity index (χ3n) is 4.51. The minimum absolute atomic E-state index is 0.155. The highest BCUT2D eigenvalue weighted by molar-refractivity contribution is 5.61. The van der Waals surface area contributed by atoms with Gasteiger partial charge in [-0.05, 0) is 61.6 Å². The molecule has 0 aliphatic heterocycles. The molecule has 0 amide bonds. The van der Waals surface area contributed by atoms with Crippen molar-refractivity contribution in [2.45, 2.75) is 40.2 Å². The maximum Gasteiger partial charge on any atom is 0.249 e. The van der Waals surface area contributed by atoms with Gasteiger partial charge in [0.05, 0.1) is 5.56 Å². The molecule has 7 nitrogen and oxygen atoms in total. The third-order valence-corrected chi connectivity index (χ3v) is 4.51. The van der Waals surface area contributed by atoms with Crippen molar-refractivity contribution in [3.8, 4) is 28.7 Å². The Bertz CT molecular complexity index is 928. The predicted molar refractivity (Wildman–Crippen MR) is 112 cm³/mol. The Kier molecular flexibility index (Phi) is 6.61.